The second-order valence-electron chi connectivity index (χ2n) is 10.6. The fourth-order valence-electron chi connectivity index (χ4n) is 6.12. The smallest absolute Gasteiger partial charge is 0.317 e. The molecule has 0 bridgehead atoms. The number of carbonyl (C=O) groups excluding carboxylic acids is 1. The Morgan fingerprint density at radius 2 is 1.66 bits per heavy atom. The van der Waals surface area contributed by atoms with Gasteiger partial charge in [0.05, 0.1) is 0 Å². The highest BCUT2D eigenvalue weighted by Crippen LogP contribution is 2.41. The lowest BCUT2D eigenvalue weighted by Crippen LogP contribution is -2.51. The Labute approximate surface area is 228 Å². The van der Waals surface area contributed by atoms with Crippen LogP contribution >= 0.6 is 0 Å². The number of nitrogens with one attached hydrogen (secondary N) is 3. The average molecular weight is 542 g/mol. The van der Waals surface area contributed by atoms with Gasteiger partial charge in [-0.1, -0.05) is 67.6 Å². The summed E-state index contributed by atoms with van der Waals surface area (Å²) in [5, 5.41) is 3.12. The third-order valence-corrected chi connectivity index (χ3v) is 9.20. The molecule has 1 aliphatic heterocycles. The topological polar surface area (TPSA) is 93.8 Å². The van der Waals surface area contributed by atoms with Gasteiger partial charge < -0.3 is 15.1 Å². The number of hydrogen-bond acceptors (Lipinski definition) is 4. The number of rotatable bonds is 11. The summed E-state index contributed by atoms with van der Waals surface area (Å²) in [4.78, 5) is 17.6. The van der Waals surface area contributed by atoms with Gasteiger partial charge in [0.2, 0.25) is 0 Å². The number of urea groups is 1. The molecule has 38 heavy (non-hydrogen) atoms. The Morgan fingerprint density at radius 1 is 1.00 bits per heavy atom. The molecular weight excluding hydrogens is 498 g/mol. The third-order valence-electron chi connectivity index (χ3n) is 8.02. The van der Waals surface area contributed by atoms with Crippen molar-refractivity contribution in [1.29, 1.82) is 0 Å². The average Bonchev–Trinajstić information content (AvgIpc) is 3.33. The second kappa shape index (κ2) is 13.6. The predicted molar refractivity (Wildman–Crippen MR) is 152 cm³/mol. The number of nitrogens with zero attached hydrogens (tertiary/aromatic N) is 2. The molecule has 3 unspecified atom stereocenters. The molecule has 2 aromatic carbocycles. The molecule has 208 valence electrons. The van der Waals surface area contributed by atoms with Gasteiger partial charge in [0, 0.05) is 51.9 Å². The molecule has 9 heteroatoms. The van der Waals surface area contributed by atoms with Gasteiger partial charge in [-0.25, -0.2) is 9.52 Å². The van der Waals surface area contributed by atoms with Crippen molar-refractivity contribution < 1.29 is 13.2 Å². The molecule has 1 saturated heterocycles. The van der Waals surface area contributed by atoms with Crippen LogP contribution in [0.5, 0.6) is 0 Å². The summed E-state index contributed by atoms with van der Waals surface area (Å²) in [6.45, 7) is 6.26. The lowest BCUT2D eigenvalue weighted by atomic mass is 9.88. The Kier molecular flexibility index (Phi) is 10.2. The highest BCUT2D eigenvalue weighted by Gasteiger charge is 2.38. The lowest BCUT2D eigenvalue weighted by molar-refractivity contribution is 0.109. The molecule has 3 atom stereocenters. The number of likely N-dealkylation sites (tertiary alicyclic amines) is 1. The zero-order valence-electron chi connectivity index (χ0n) is 22.7. The van der Waals surface area contributed by atoms with Crippen molar-refractivity contribution in [2.75, 3.05) is 33.2 Å². The highest BCUT2D eigenvalue weighted by molar-refractivity contribution is 7.87. The maximum atomic E-state index is 13.1. The van der Waals surface area contributed by atoms with E-state index in [-0.39, 0.29) is 18.1 Å². The SMILES string of the molecule is CCCN(C(=O)NCc1ccccc1)C1CCN(CC2CC(NS(=O)(=O)NC)CC2c2ccccc2)CC1. The van der Waals surface area contributed by atoms with Crippen molar-refractivity contribution in [2.45, 2.75) is 63.6 Å². The van der Waals surface area contributed by atoms with Gasteiger partial charge in [-0.2, -0.15) is 13.1 Å². The van der Waals surface area contributed by atoms with Crippen molar-refractivity contribution in [1.82, 2.24) is 24.6 Å². The van der Waals surface area contributed by atoms with E-state index in [1.54, 1.807) is 0 Å². The molecule has 8 nitrogen and oxygen atoms in total. The predicted octanol–water partition coefficient (Wildman–Crippen LogP) is 3.69. The minimum absolute atomic E-state index is 0.0220. The van der Waals surface area contributed by atoms with Crippen molar-refractivity contribution in [3.8, 4) is 0 Å². The fraction of sp³-hybridized carbons (Fsp3) is 0.552. The summed E-state index contributed by atoms with van der Waals surface area (Å²) in [7, 11) is -2.03. The number of hydrogen-bond donors (Lipinski definition) is 3. The summed E-state index contributed by atoms with van der Waals surface area (Å²) in [6.07, 6.45) is 4.47. The van der Waals surface area contributed by atoms with E-state index in [4.69, 9.17) is 0 Å². The highest BCUT2D eigenvalue weighted by atomic mass is 32.2. The maximum Gasteiger partial charge on any atom is 0.317 e. The molecule has 4 rings (SSSR count). The first-order valence-corrected chi connectivity index (χ1v) is 15.4. The Morgan fingerprint density at radius 3 is 2.29 bits per heavy atom. The first kappa shape index (κ1) is 28.5. The zero-order valence-corrected chi connectivity index (χ0v) is 23.5. The van der Waals surface area contributed by atoms with E-state index in [1.165, 1.54) is 12.6 Å². The van der Waals surface area contributed by atoms with E-state index < -0.39 is 10.2 Å². The molecule has 1 saturated carbocycles. The van der Waals surface area contributed by atoms with Crippen LogP contribution in [0, 0.1) is 5.92 Å². The van der Waals surface area contributed by atoms with E-state index in [0.717, 1.165) is 63.8 Å². The summed E-state index contributed by atoms with van der Waals surface area (Å²) >= 11 is 0. The Balaban J connectivity index is 1.34. The van der Waals surface area contributed by atoms with Crippen molar-refractivity contribution >= 4 is 16.2 Å². The summed E-state index contributed by atoms with van der Waals surface area (Å²) < 4.78 is 29.5. The zero-order chi connectivity index (χ0) is 27.0. The van der Waals surface area contributed by atoms with Crippen LogP contribution in [0.2, 0.25) is 0 Å². The first-order chi connectivity index (χ1) is 18.4. The molecule has 2 aromatic rings. The summed E-state index contributed by atoms with van der Waals surface area (Å²) in [6, 6.07) is 20.7. The second-order valence-corrected chi connectivity index (χ2v) is 12.3. The monoisotopic (exact) mass is 541 g/mol. The summed E-state index contributed by atoms with van der Waals surface area (Å²) in [5.41, 5.74) is 2.38. The van der Waals surface area contributed by atoms with Crippen molar-refractivity contribution in [3.63, 3.8) is 0 Å². The van der Waals surface area contributed by atoms with Crippen LogP contribution in [-0.2, 0) is 16.8 Å². The van der Waals surface area contributed by atoms with Crippen LogP contribution in [0.15, 0.2) is 60.7 Å². The van der Waals surface area contributed by atoms with Gasteiger partial charge in [0.1, 0.15) is 0 Å². The van der Waals surface area contributed by atoms with Gasteiger partial charge in [0.15, 0.2) is 0 Å². The minimum Gasteiger partial charge on any atom is -0.334 e. The molecule has 1 aliphatic carbocycles. The third kappa shape index (κ3) is 7.79. The van der Waals surface area contributed by atoms with Crippen LogP contribution < -0.4 is 14.8 Å². The van der Waals surface area contributed by atoms with E-state index in [2.05, 4.69) is 50.9 Å². The summed E-state index contributed by atoms with van der Waals surface area (Å²) in [5.74, 6) is 0.693. The quantitative estimate of drug-likeness (QED) is 0.405. The molecule has 0 radical (unpaired) electrons. The van der Waals surface area contributed by atoms with Gasteiger partial charge >= 0.3 is 6.03 Å². The number of benzene rings is 2. The standard InChI is InChI=1S/C29H43N5O3S/c1-3-16-34(29(35)31-21-23-10-6-4-7-11-23)27-14-17-33(18-15-27)22-25-19-26(32-38(36,37)30-2)20-28(25)24-12-8-5-9-13-24/h4-13,25-28,30,32H,3,14-22H2,1-2H3,(H,31,35). The van der Waals surface area contributed by atoms with E-state index in [9.17, 15) is 13.2 Å². The number of amides is 2. The molecule has 3 N–H and O–H groups in total. The minimum atomic E-state index is -3.48. The molecule has 0 aromatic heterocycles. The lowest BCUT2D eigenvalue weighted by Gasteiger charge is -2.39. The molecule has 1 heterocycles. The molecule has 2 aliphatic rings. The molecule has 0 spiro atoms. The van der Waals surface area contributed by atoms with Crippen molar-refractivity contribution in [2.24, 2.45) is 5.92 Å². The molecule has 2 fully saturated rings. The number of carbonyl (C=O) groups is 1. The maximum absolute atomic E-state index is 13.1. The fourth-order valence-corrected chi connectivity index (χ4v) is 6.87. The normalized spacial score (nSPS) is 22.8. The first-order valence-electron chi connectivity index (χ1n) is 13.9. The number of piperidine rings is 1. The largest absolute Gasteiger partial charge is 0.334 e. The Hall–Kier alpha value is -2.46. The van der Waals surface area contributed by atoms with Crippen LogP contribution in [0.25, 0.3) is 0 Å². The van der Waals surface area contributed by atoms with Gasteiger partial charge in [-0.15, -0.1) is 0 Å². The van der Waals surface area contributed by atoms with Crippen LogP contribution in [0.4, 0.5) is 4.79 Å². The van der Waals surface area contributed by atoms with Crippen LogP contribution in [-0.4, -0.2) is 69.6 Å². The van der Waals surface area contributed by atoms with E-state index in [1.807, 2.05) is 41.3 Å². The van der Waals surface area contributed by atoms with Gasteiger partial charge in [-0.3, -0.25) is 0 Å². The molecular formula is C29H43N5O3S. The van der Waals surface area contributed by atoms with Crippen LogP contribution in [0.1, 0.15) is 56.1 Å². The van der Waals surface area contributed by atoms with Gasteiger partial charge in [0.25, 0.3) is 10.2 Å². The van der Waals surface area contributed by atoms with Crippen LogP contribution in [0.3, 0.4) is 0 Å². The van der Waals surface area contributed by atoms with E-state index >= 15 is 0 Å². The van der Waals surface area contributed by atoms with E-state index in [0.29, 0.717) is 18.4 Å². The van der Waals surface area contributed by atoms with Gasteiger partial charge in [-0.05, 0) is 55.1 Å². The molecule has 2 amide bonds. The Bertz CT molecular complexity index is 1110. The van der Waals surface area contributed by atoms with Crippen molar-refractivity contribution in [3.05, 3.63) is 71.8 Å².